The Bertz CT molecular complexity index is 510. The molecule has 0 bridgehead atoms. The van der Waals surface area contributed by atoms with Crippen LogP contribution in [0.4, 0.5) is 11.4 Å². The number of nitrogens with one attached hydrogen (secondary N) is 1. The second-order valence-electron chi connectivity index (χ2n) is 4.01. The third kappa shape index (κ3) is 2.87. The first kappa shape index (κ1) is 12.2. The standard InChI is InChI=1S/C10H15N3O3S/c11-7-1-2-9(10(5-7)17(12,14)15)13-8-3-4-16-6-8/h1-2,5,8,13H,3-4,6,11H2,(H2,12,14,15). The van der Waals surface area contributed by atoms with Crippen LogP contribution in [0.3, 0.4) is 0 Å². The first-order chi connectivity index (χ1) is 7.97. The highest BCUT2D eigenvalue weighted by molar-refractivity contribution is 7.89. The normalized spacial score (nSPS) is 20.4. The maximum atomic E-state index is 11.4. The van der Waals surface area contributed by atoms with Crippen molar-refractivity contribution in [2.24, 2.45) is 5.14 Å². The topological polar surface area (TPSA) is 107 Å². The monoisotopic (exact) mass is 257 g/mol. The molecule has 7 heteroatoms. The molecule has 1 saturated heterocycles. The predicted octanol–water partition coefficient (Wildman–Crippen LogP) is 0.117. The van der Waals surface area contributed by atoms with Crippen LogP contribution < -0.4 is 16.2 Å². The molecule has 0 aliphatic carbocycles. The summed E-state index contributed by atoms with van der Waals surface area (Å²) in [5.41, 5.74) is 6.39. The summed E-state index contributed by atoms with van der Waals surface area (Å²) in [5, 5.41) is 8.25. The lowest BCUT2D eigenvalue weighted by atomic mass is 10.2. The molecule has 1 unspecified atom stereocenters. The van der Waals surface area contributed by atoms with Gasteiger partial charge in [-0.2, -0.15) is 0 Å². The number of nitrogens with two attached hydrogens (primary N) is 2. The molecule has 1 heterocycles. The lowest BCUT2D eigenvalue weighted by Crippen LogP contribution is -2.22. The maximum absolute atomic E-state index is 11.4. The first-order valence-corrected chi connectivity index (χ1v) is 6.78. The smallest absolute Gasteiger partial charge is 0.240 e. The Morgan fingerprint density at radius 3 is 2.76 bits per heavy atom. The van der Waals surface area contributed by atoms with Crippen LogP contribution in [0.25, 0.3) is 0 Å². The Kier molecular flexibility index (Phi) is 3.23. The van der Waals surface area contributed by atoms with Gasteiger partial charge in [-0.05, 0) is 24.6 Å². The molecule has 1 atom stereocenters. The minimum absolute atomic E-state index is 0.0180. The average Bonchev–Trinajstić information content (AvgIpc) is 2.72. The van der Waals surface area contributed by atoms with E-state index in [4.69, 9.17) is 15.6 Å². The summed E-state index contributed by atoms with van der Waals surface area (Å²) in [7, 11) is -3.78. The van der Waals surface area contributed by atoms with Gasteiger partial charge in [-0.25, -0.2) is 13.6 Å². The van der Waals surface area contributed by atoms with Crippen LogP contribution in [0.1, 0.15) is 6.42 Å². The van der Waals surface area contributed by atoms with Crippen LogP contribution >= 0.6 is 0 Å². The molecule has 1 fully saturated rings. The summed E-state index contributed by atoms with van der Waals surface area (Å²) in [6, 6.07) is 4.72. The van der Waals surface area contributed by atoms with E-state index in [9.17, 15) is 8.42 Å². The van der Waals surface area contributed by atoms with Crippen LogP contribution in [-0.2, 0) is 14.8 Å². The zero-order valence-corrected chi connectivity index (χ0v) is 10.0. The van der Waals surface area contributed by atoms with Crippen molar-refractivity contribution in [3.05, 3.63) is 18.2 Å². The third-order valence-corrected chi connectivity index (χ3v) is 3.55. The van der Waals surface area contributed by atoms with E-state index in [0.717, 1.165) is 6.42 Å². The number of hydrogen-bond donors (Lipinski definition) is 3. The molecule has 0 spiro atoms. The van der Waals surface area contributed by atoms with Crippen LogP contribution in [0.2, 0.25) is 0 Å². The summed E-state index contributed by atoms with van der Waals surface area (Å²) >= 11 is 0. The van der Waals surface area contributed by atoms with Gasteiger partial charge in [0.05, 0.1) is 18.3 Å². The van der Waals surface area contributed by atoms with Crippen LogP contribution in [0.5, 0.6) is 0 Å². The molecule has 5 N–H and O–H groups in total. The van der Waals surface area contributed by atoms with Crippen molar-refractivity contribution in [1.82, 2.24) is 0 Å². The van der Waals surface area contributed by atoms with Gasteiger partial charge in [0.2, 0.25) is 10.0 Å². The maximum Gasteiger partial charge on any atom is 0.240 e. The van der Waals surface area contributed by atoms with E-state index in [2.05, 4.69) is 5.32 Å². The van der Waals surface area contributed by atoms with E-state index in [1.807, 2.05) is 0 Å². The van der Waals surface area contributed by atoms with E-state index in [1.54, 1.807) is 12.1 Å². The summed E-state index contributed by atoms with van der Waals surface area (Å²) in [4.78, 5) is 0.0180. The summed E-state index contributed by atoms with van der Waals surface area (Å²) in [6.45, 7) is 1.24. The van der Waals surface area contributed by atoms with Crippen molar-refractivity contribution >= 4 is 21.4 Å². The number of hydrogen-bond acceptors (Lipinski definition) is 5. The molecule has 94 valence electrons. The minimum Gasteiger partial charge on any atom is -0.399 e. The second-order valence-corrected chi connectivity index (χ2v) is 5.54. The van der Waals surface area contributed by atoms with Crippen LogP contribution in [-0.4, -0.2) is 27.7 Å². The highest BCUT2D eigenvalue weighted by Gasteiger charge is 2.20. The van der Waals surface area contributed by atoms with Gasteiger partial charge in [-0.15, -0.1) is 0 Å². The van der Waals surface area contributed by atoms with Gasteiger partial charge < -0.3 is 15.8 Å². The lowest BCUT2D eigenvalue weighted by molar-refractivity contribution is 0.195. The van der Waals surface area contributed by atoms with Gasteiger partial charge in [-0.1, -0.05) is 0 Å². The fraction of sp³-hybridized carbons (Fsp3) is 0.400. The molecule has 1 aliphatic heterocycles. The highest BCUT2D eigenvalue weighted by atomic mass is 32.2. The van der Waals surface area contributed by atoms with Gasteiger partial charge >= 0.3 is 0 Å². The molecule has 6 nitrogen and oxygen atoms in total. The highest BCUT2D eigenvalue weighted by Crippen LogP contribution is 2.24. The number of nitrogen functional groups attached to an aromatic ring is 1. The van der Waals surface area contributed by atoms with Crippen LogP contribution in [0.15, 0.2) is 23.1 Å². The first-order valence-electron chi connectivity index (χ1n) is 5.23. The molecular formula is C10H15N3O3S. The van der Waals surface area contributed by atoms with Gasteiger partial charge in [-0.3, -0.25) is 0 Å². The Hall–Kier alpha value is -1.31. The van der Waals surface area contributed by atoms with Crippen molar-refractivity contribution in [1.29, 1.82) is 0 Å². The number of sulfonamides is 1. The van der Waals surface area contributed by atoms with E-state index >= 15 is 0 Å². The fourth-order valence-corrected chi connectivity index (χ4v) is 2.50. The summed E-state index contributed by atoms with van der Waals surface area (Å²) < 4.78 is 28.1. The molecule has 1 aromatic carbocycles. The Labute approximate surface area is 100.0 Å². The predicted molar refractivity (Wildman–Crippen MR) is 65.1 cm³/mol. The van der Waals surface area contributed by atoms with Crippen molar-refractivity contribution in [2.45, 2.75) is 17.4 Å². The van der Waals surface area contributed by atoms with E-state index in [-0.39, 0.29) is 10.9 Å². The quantitative estimate of drug-likeness (QED) is 0.666. The molecule has 0 saturated carbocycles. The molecule has 0 radical (unpaired) electrons. The Balaban J connectivity index is 2.32. The zero-order valence-electron chi connectivity index (χ0n) is 9.22. The number of anilines is 2. The van der Waals surface area contributed by atoms with E-state index in [0.29, 0.717) is 24.6 Å². The minimum atomic E-state index is -3.78. The van der Waals surface area contributed by atoms with Crippen molar-refractivity contribution in [3.8, 4) is 0 Å². The van der Waals surface area contributed by atoms with E-state index in [1.165, 1.54) is 6.07 Å². The van der Waals surface area contributed by atoms with Crippen molar-refractivity contribution in [2.75, 3.05) is 24.3 Å². The third-order valence-electron chi connectivity index (χ3n) is 2.60. The Morgan fingerprint density at radius 2 is 2.18 bits per heavy atom. The molecule has 0 amide bonds. The fourth-order valence-electron chi connectivity index (χ4n) is 1.76. The number of benzene rings is 1. The Morgan fingerprint density at radius 1 is 1.41 bits per heavy atom. The SMILES string of the molecule is Nc1ccc(NC2CCOC2)c(S(N)(=O)=O)c1. The number of primary sulfonamides is 1. The molecule has 17 heavy (non-hydrogen) atoms. The zero-order chi connectivity index (χ0) is 12.5. The largest absolute Gasteiger partial charge is 0.399 e. The molecule has 0 aromatic heterocycles. The second kappa shape index (κ2) is 4.52. The van der Waals surface area contributed by atoms with Crippen molar-refractivity contribution in [3.63, 3.8) is 0 Å². The van der Waals surface area contributed by atoms with E-state index < -0.39 is 10.0 Å². The van der Waals surface area contributed by atoms with Crippen molar-refractivity contribution < 1.29 is 13.2 Å². The number of ether oxygens (including phenoxy) is 1. The lowest BCUT2D eigenvalue weighted by Gasteiger charge is -2.15. The summed E-state index contributed by atoms with van der Waals surface area (Å²) in [6.07, 6.45) is 0.842. The van der Waals surface area contributed by atoms with Gasteiger partial charge in [0.15, 0.2) is 0 Å². The summed E-state index contributed by atoms with van der Waals surface area (Å²) in [5.74, 6) is 0. The van der Waals surface area contributed by atoms with Gasteiger partial charge in [0.1, 0.15) is 4.90 Å². The number of rotatable bonds is 3. The molecule has 1 aliphatic rings. The molecular weight excluding hydrogens is 242 g/mol. The van der Waals surface area contributed by atoms with Gasteiger partial charge in [0, 0.05) is 12.3 Å². The average molecular weight is 257 g/mol. The molecule has 1 aromatic rings. The molecule has 2 rings (SSSR count). The van der Waals surface area contributed by atoms with Crippen LogP contribution in [0, 0.1) is 0 Å². The van der Waals surface area contributed by atoms with Gasteiger partial charge in [0.25, 0.3) is 0 Å².